The summed E-state index contributed by atoms with van der Waals surface area (Å²) >= 11 is 1.74. The molecule has 0 bridgehead atoms. The molecule has 0 atom stereocenters. The summed E-state index contributed by atoms with van der Waals surface area (Å²) in [6.45, 7) is 5.04. The van der Waals surface area contributed by atoms with E-state index in [0.717, 1.165) is 34.7 Å². The van der Waals surface area contributed by atoms with E-state index in [1.165, 1.54) is 0 Å². The molecule has 3 rings (SSSR count). The molecule has 0 aromatic carbocycles. The van der Waals surface area contributed by atoms with E-state index in [0.29, 0.717) is 5.92 Å². The van der Waals surface area contributed by atoms with Crippen LogP contribution in [-0.4, -0.2) is 30.3 Å². The molecule has 0 aliphatic carbocycles. The molecular weight excluding hydrogens is 306 g/mol. The molecule has 0 unspecified atom stereocenters. The molecule has 118 valence electrons. The van der Waals surface area contributed by atoms with Gasteiger partial charge in [-0.25, -0.2) is 19.9 Å². The highest BCUT2D eigenvalue weighted by atomic mass is 32.2. The second-order valence-electron chi connectivity index (χ2n) is 5.42. The number of aryl methyl sites for hydroxylation is 1. The summed E-state index contributed by atoms with van der Waals surface area (Å²) in [4.78, 5) is 17.7. The van der Waals surface area contributed by atoms with E-state index in [2.05, 4.69) is 38.4 Å². The molecule has 3 heterocycles. The van der Waals surface area contributed by atoms with Crippen molar-refractivity contribution in [2.24, 2.45) is 0 Å². The van der Waals surface area contributed by atoms with E-state index in [-0.39, 0.29) is 0 Å². The largest absolute Gasteiger partial charge is 0.329 e. The van der Waals surface area contributed by atoms with Gasteiger partial charge in [0.05, 0.1) is 5.03 Å². The molecule has 0 N–H and O–H groups in total. The summed E-state index contributed by atoms with van der Waals surface area (Å²) in [5.74, 6) is 2.97. The highest BCUT2D eigenvalue weighted by Crippen LogP contribution is 2.19. The zero-order chi connectivity index (χ0) is 16.1. The molecule has 0 aliphatic heterocycles. The van der Waals surface area contributed by atoms with Crippen LogP contribution in [0.2, 0.25) is 0 Å². The second kappa shape index (κ2) is 7.37. The van der Waals surface area contributed by atoms with E-state index in [1.54, 1.807) is 18.0 Å². The van der Waals surface area contributed by atoms with Crippen LogP contribution in [0.4, 0.5) is 0 Å². The topological polar surface area (TPSA) is 56.5 Å². The van der Waals surface area contributed by atoms with Crippen molar-refractivity contribution in [3.63, 3.8) is 0 Å². The van der Waals surface area contributed by atoms with Crippen LogP contribution < -0.4 is 0 Å². The van der Waals surface area contributed by atoms with Gasteiger partial charge in [0.25, 0.3) is 0 Å². The van der Waals surface area contributed by atoms with Gasteiger partial charge in [-0.2, -0.15) is 0 Å². The maximum absolute atomic E-state index is 4.63. The van der Waals surface area contributed by atoms with E-state index in [9.17, 15) is 0 Å². The SMILES string of the molecule is CC(C)c1nccc(-c2nccn2CCSc2ccccn2)n1. The Labute approximate surface area is 140 Å². The Morgan fingerprint density at radius 1 is 1.04 bits per heavy atom. The van der Waals surface area contributed by atoms with Crippen LogP contribution in [0.25, 0.3) is 11.5 Å². The lowest BCUT2D eigenvalue weighted by atomic mass is 10.2. The second-order valence-corrected chi connectivity index (χ2v) is 6.53. The quantitative estimate of drug-likeness (QED) is 0.648. The van der Waals surface area contributed by atoms with Crippen LogP contribution in [0.15, 0.2) is 54.1 Å². The average Bonchev–Trinajstić information content (AvgIpc) is 3.04. The summed E-state index contributed by atoms with van der Waals surface area (Å²) < 4.78 is 2.13. The fraction of sp³-hybridized carbons (Fsp3) is 0.294. The highest BCUT2D eigenvalue weighted by molar-refractivity contribution is 7.99. The van der Waals surface area contributed by atoms with Gasteiger partial charge in [0.1, 0.15) is 11.5 Å². The molecule has 0 spiro atoms. The maximum atomic E-state index is 4.63. The Morgan fingerprint density at radius 2 is 1.96 bits per heavy atom. The first kappa shape index (κ1) is 15.7. The number of thioether (sulfide) groups is 1. The number of rotatable bonds is 6. The van der Waals surface area contributed by atoms with Crippen molar-refractivity contribution < 1.29 is 0 Å². The van der Waals surface area contributed by atoms with E-state index in [4.69, 9.17) is 0 Å². The lowest BCUT2D eigenvalue weighted by Gasteiger charge is -2.09. The van der Waals surface area contributed by atoms with Crippen molar-refractivity contribution in [3.05, 3.63) is 54.9 Å². The fourth-order valence-electron chi connectivity index (χ4n) is 2.18. The smallest absolute Gasteiger partial charge is 0.158 e. The maximum Gasteiger partial charge on any atom is 0.158 e. The monoisotopic (exact) mass is 325 g/mol. The molecule has 3 aromatic rings. The van der Waals surface area contributed by atoms with Gasteiger partial charge >= 0.3 is 0 Å². The van der Waals surface area contributed by atoms with Crippen LogP contribution in [0.3, 0.4) is 0 Å². The van der Waals surface area contributed by atoms with E-state index < -0.39 is 0 Å². The van der Waals surface area contributed by atoms with E-state index >= 15 is 0 Å². The van der Waals surface area contributed by atoms with E-state index in [1.807, 2.05) is 42.9 Å². The minimum Gasteiger partial charge on any atom is -0.329 e. The molecule has 0 radical (unpaired) electrons. The van der Waals surface area contributed by atoms with Crippen molar-refractivity contribution in [2.45, 2.75) is 31.3 Å². The van der Waals surface area contributed by atoms with Gasteiger partial charge in [0, 0.05) is 43.0 Å². The third-order valence-corrected chi connectivity index (χ3v) is 4.28. The zero-order valence-electron chi connectivity index (χ0n) is 13.3. The van der Waals surface area contributed by atoms with Crippen LogP contribution in [0.5, 0.6) is 0 Å². The molecule has 0 saturated carbocycles. The summed E-state index contributed by atoms with van der Waals surface area (Å²) in [5.41, 5.74) is 0.872. The molecule has 6 heteroatoms. The molecular formula is C17H19N5S. The number of pyridine rings is 1. The first-order chi connectivity index (χ1) is 11.2. The number of imidazole rings is 1. The summed E-state index contributed by atoms with van der Waals surface area (Å²) in [6.07, 6.45) is 7.43. The summed E-state index contributed by atoms with van der Waals surface area (Å²) in [7, 11) is 0. The predicted octanol–water partition coefficient (Wildman–Crippen LogP) is 3.65. The lowest BCUT2D eigenvalue weighted by Crippen LogP contribution is -2.05. The predicted molar refractivity (Wildman–Crippen MR) is 92.3 cm³/mol. The Hall–Kier alpha value is -2.21. The van der Waals surface area contributed by atoms with Gasteiger partial charge < -0.3 is 4.57 Å². The van der Waals surface area contributed by atoms with Crippen LogP contribution in [0.1, 0.15) is 25.6 Å². The fourth-order valence-corrected chi connectivity index (χ4v) is 2.99. The first-order valence-electron chi connectivity index (χ1n) is 7.62. The van der Waals surface area contributed by atoms with Crippen molar-refractivity contribution in [1.29, 1.82) is 0 Å². The minimum absolute atomic E-state index is 0.304. The van der Waals surface area contributed by atoms with Gasteiger partial charge in [-0.3, -0.25) is 0 Å². The molecule has 0 saturated heterocycles. The van der Waals surface area contributed by atoms with Crippen LogP contribution in [-0.2, 0) is 6.54 Å². The number of hydrogen-bond acceptors (Lipinski definition) is 5. The lowest BCUT2D eigenvalue weighted by molar-refractivity contribution is 0.756. The minimum atomic E-state index is 0.304. The Kier molecular flexibility index (Phi) is 5.02. The van der Waals surface area contributed by atoms with Gasteiger partial charge in [0.15, 0.2) is 5.82 Å². The highest BCUT2D eigenvalue weighted by Gasteiger charge is 2.10. The van der Waals surface area contributed by atoms with Crippen molar-refractivity contribution in [1.82, 2.24) is 24.5 Å². The Morgan fingerprint density at radius 3 is 2.74 bits per heavy atom. The van der Waals surface area contributed by atoms with Gasteiger partial charge in [-0.1, -0.05) is 19.9 Å². The molecule has 23 heavy (non-hydrogen) atoms. The van der Waals surface area contributed by atoms with Gasteiger partial charge in [0.2, 0.25) is 0 Å². The number of hydrogen-bond donors (Lipinski definition) is 0. The number of aromatic nitrogens is 5. The van der Waals surface area contributed by atoms with Crippen molar-refractivity contribution >= 4 is 11.8 Å². The van der Waals surface area contributed by atoms with Gasteiger partial charge in [-0.05, 0) is 18.2 Å². The van der Waals surface area contributed by atoms with Gasteiger partial charge in [-0.15, -0.1) is 11.8 Å². The summed E-state index contributed by atoms with van der Waals surface area (Å²) in [6, 6.07) is 7.88. The normalized spacial score (nSPS) is 11.1. The van der Waals surface area contributed by atoms with Crippen LogP contribution in [0, 0.1) is 0 Å². The third kappa shape index (κ3) is 3.96. The third-order valence-electron chi connectivity index (χ3n) is 3.36. The average molecular weight is 325 g/mol. The zero-order valence-corrected chi connectivity index (χ0v) is 14.1. The van der Waals surface area contributed by atoms with Crippen LogP contribution >= 0.6 is 11.8 Å². The van der Waals surface area contributed by atoms with Crippen molar-refractivity contribution in [3.8, 4) is 11.5 Å². The standard InChI is InChI=1S/C17H19N5S/c1-13(2)16-19-8-6-14(21-16)17-20-9-10-22(17)11-12-23-15-5-3-4-7-18-15/h3-10,13H,11-12H2,1-2H3. The molecule has 0 amide bonds. The molecule has 0 aliphatic rings. The Balaban J connectivity index is 1.71. The summed E-state index contributed by atoms with van der Waals surface area (Å²) in [5, 5.41) is 1.04. The number of nitrogens with zero attached hydrogens (tertiary/aromatic N) is 5. The Bertz CT molecular complexity index is 754. The molecule has 5 nitrogen and oxygen atoms in total. The first-order valence-corrected chi connectivity index (χ1v) is 8.61. The van der Waals surface area contributed by atoms with Crippen molar-refractivity contribution in [2.75, 3.05) is 5.75 Å². The molecule has 3 aromatic heterocycles. The molecule has 0 fully saturated rings.